The summed E-state index contributed by atoms with van der Waals surface area (Å²) in [7, 11) is 1.22. The number of hydrogen-bond acceptors (Lipinski definition) is 5. The Labute approximate surface area is 153 Å². The van der Waals surface area contributed by atoms with Crippen molar-refractivity contribution < 1.29 is 27.8 Å². The molecule has 3 aromatic rings. The zero-order valence-corrected chi connectivity index (χ0v) is 14.6. The van der Waals surface area contributed by atoms with Gasteiger partial charge in [0, 0.05) is 5.39 Å². The molecule has 5 nitrogen and oxygen atoms in total. The predicted octanol–water partition coefficient (Wildman–Crippen LogP) is 3.97. The number of carbonyl (C=O) groups is 2. The van der Waals surface area contributed by atoms with Crippen LogP contribution in [0.25, 0.3) is 10.9 Å². The van der Waals surface area contributed by atoms with Crippen LogP contribution in [0.2, 0.25) is 0 Å². The van der Waals surface area contributed by atoms with Crippen molar-refractivity contribution in [3.63, 3.8) is 0 Å². The van der Waals surface area contributed by atoms with E-state index in [0.29, 0.717) is 11.1 Å². The van der Waals surface area contributed by atoms with Crippen LogP contribution in [0.15, 0.2) is 42.5 Å². The zero-order valence-electron chi connectivity index (χ0n) is 14.6. The fourth-order valence-electron chi connectivity index (χ4n) is 2.82. The molecule has 0 spiro atoms. The highest BCUT2D eigenvalue weighted by atomic mass is 19.1. The number of ether oxygens (including phenoxy) is 2. The van der Waals surface area contributed by atoms with Crippen LogP contribution >= 0.6 is 0 Å². The monoisotopic (exact) mass is 371 g/mol. The summed E-state index contributed by atoms with van der Waals surface area (Å²) >= 11 is 0. The quantitative estimate of drug-likeness (QED) is 0.650. The Morgan fingerprint density at radius 1 is 0.963 bits per heavy atom. The molecule has 0 amide bonds. The van der Waals surface area contributed by atoms with Gasteiger partial charge >= 0.3 is 11.9 Å². The summed E-state index contributed by atoms with van der Waals surface area (Å²) in [6, 6.07) is 10.2. The Balaban J connectivity index is 1.99. The van der Waals surface area contributed by atoms with E-state index in [9.17, 15) is 18.4 Å². The smallest absolute Gasteiger partial charge is 0.344 e. The van der Waals surface area contributed by atoms with Crippen molar-refractivity contribution >= 4 is 22.8 Å². The molecule has 0 N–H and O–H groups in total. The van der Waals surface area contributed by atoms with E-state index in [1.807, 2.05) is 0 Å². The number of benzene rings is 2. The minimum Gasteiger partial charge on any atom is -0.465 e. The van der Waals surface area contributed by atoms with Gasteiger partial charge in [-0.3, -0.25) is 0 Å². The van der Waals surface area contributed by atoms with Crippen LogP contribution in [0.1, 0.15) is 32.0 Å². The molecule has 0 saturated heterocycles. The molecule has 0 unspecified atom stereocenters. The normalized spacial score (nSPS) is 10.7. The molecule has 3 rings (SSSR count). The van der Waals surface area contributed by atoms with Gasteiger partial charge in [0.1, 0.15) is 23.8 Å². The number of para-hydroxylation sites is 1. The fraction of sp³-hybridized carbons (Fsp3) is 0.150. The van der Waals surface area contributed by atoms with Crippen molar-refractivity contribution in [3.8, 4) is 0 Å². The Bertz CT molecular complexity index is 1030. The molecule has 1 heterocycles. The maximum Gasteiger partial charge on any atom is 0.344 e. The second kappa shape index (κ2) is 7.49. The lowest BCUT2D eigenvalue weighted by Gasteiger charge is -2.13. The van der Waals surface area contributed by atoms with Gasteiger partial charge in [-0.2, -0.15) is 0 Å². The molecule has 0 saturated carbocycles. The van der Waals surface area contributed by atoms with Crippen LogP contribution in [0, 0.1) is 18.6 Å². The minimum atomic E-state index is -1.19. The van der Waals surface area contributed by atoms with Gasteiger partial charge in [0.25, 0.3) is 0 Å². The number of nitrogens with zero attached hydrogens (tertiary/aromatic N) is 1. The van der Waals surface area contributed by atoms with Gasteiger partial charge in [-0.1, -0.05) is 24.3 Å². The van der Waals surface area contributed by atoms with Gasteiger partial charge in [-0.15, -0.1) is 0 Å². The number of halogens is 2. The maximum atomic E-state index is 13.7. The first-order valence-electron chi connectivity index (χ1n) is 8.01. The van der Waals surface area contributed by atoms with Crippen molar-refractivity contribution in [2.75, 3.05) is 7.11 Å². The van der Waals surface area contributed by atoms with Gasteiger partial charge in [-0.25, -0.2) is 23.4 Å². The molecule has 0 fully saturated rings. The summed E-state index contributed by atoms with van der Waals surface area (Å²) in [5.74, 6) is -3.89. The topological polar surface area (TPSA) is 65.5 Å². The van der Waals surface area contributed by atoms with Gasteiger partial charge in [0.2, 0.25) is 0 Å². The summed E-state index contributed by atoms with van der Waals surface area (Å²) in [5.41, 5.74) is 0.692. The van der Waals surface area contributed by atoms with E-state index in [-0.39, 0.29) is 11.3 Å². The highest BCUT2D eigenvalue weighted by Gasteiger charge is 2.23. The summed E-state index contributed by atoms with van der Waals surface area (Å²) < 4.78 is 37.3. The number of pyridine rings is 1. The van der Waals surface area contributed by atoms with E-state index in [1.54, 1.807) is 31.2 Å². The first kappa shape index (κ1) is 18.4. The molecule has 0 aliphatic heterocycles. The van der Waals surface area contributed by atoms with Crippen molar-refractivity contribution in [2.45, 2.75) is 13.5 Å². The summed E-state index contributed by atoms with van der Waals surface area (Å²) in [4.78, 5) is 28.7. The average molecular weight is 371 g/mol. The van der Waals surface area contributed by atoms with E-state index in [1.165, 1.54) is 7.11 Å². The summed E-state index contributed by atoms with van der Waals surface area (Å²) in [6.07, 6.45) is 0. The van der Waals surface area contributed by atoms with E-state index in [2.05, 4.69) is 4.98 Å². The Morgan fingerprint density at radius 3 is 2.30 bits per heavy atom. The highest BCUT2D eigenvalue weighted by Crippen LogP contribution is 2.24. The second-order valence-electron chi connectivity index (χ2n) is 5.74. The maximum absolute atomic E-state index is 13.7. The number of methoxy groups -OCH3 is 1. The van der Waals surface area contributed by atoms with Gasteiger partial charge in [-0.05, 0) is 30.7 Å². The molecule has 138 valence electrons. The molecule has 0 atom stereocenters. The molecule has 0 aliphatic carbocycles. The Kier molecular flexibility index (Phi) is 5.12. The number of esters is 2. The first-order valence-corrected chi connectivity index (χ1v) is 8.01. The standard InChI is InChI=1S/C20H15F2NO4/c1-11-12-6-3-4-9-15(12)23-16(17(11)19(24)26-2)10-27-20(25)18-13(21)7-5-8-14(18)22/h3-9H,10H2,1-2H3. The number of aromatic nitrogens is 1. The third-order valence-corrected chi connectivity index (χ3v) is 4.12. The van der Waals surface area contributed by atoms with Crippen LogP contribution in [-0.4, -0.2) is 24.0 Å². The lowest BCUT2D eigenvalue weighted by Crippen LogP contribution is -2.15. The van der Waals surface area contributed by atoms with Crippen LogP contribution in [0.3, 0.4) is 0 Å². The highest BCUT2D eigenvalue weighted by molar-refractivity contribution is 5.98. The SMILES string of the molecule is COC(=O)c1c(COC(=O)c2c(F)cccc2F)nc2ccccc2c1C. The van der Waals surface area contributed by atoms with Crippen molar-refractivity contribution in [1.82, 2.24) is 4.98 Å². The molecule has 0 bridgehead atoms. The van der Waals surface area contributed by atoms with Gasteiger partial charge in [0.05, 0.1) is 23.9 Å². The first-order chi connectivity index (χ1) is 12.9. The molecular weight excluding hydrogens is 356 g/mol. The second-order valence-corrected chi connectivity index (χ2v) is 5.74. The van der Waals surface area contributed by atoms with Crippen molar-refractivity contribution in [3.05, 3.63) is 76.5 Å². The van der Waals surface area contributed by atoms with Crippen molar-refractivity contribution in [1.29, 1.82) is 0 Å². The predicted molar refractivity (Wildman–Crippen MR) is 93.3 cm³/mol. The third kappa shape index (κ3) is 3.48. The number of carbonyl (C=O) groups excluding carboxylic acids is 2. The van der Waals surface area contributed by atoms with Gasteiger partial charge in [0.15, 0.2) is 0 Å². The van der Waals surface area contributed by atoms with Crippen LogP contribution in [0.4, 0.5) is 8.78 Å². The van der Waals surface area contributed by atoms with E-state index in [0.717, 1.165) is 23.6 Å². The molecule has 0 radical (unpaired) electrons. The lowest BCUT2D eigenvalue weighted by atomic mass is 10.0. The summed E-state index contributed by atoms with van der Waals surface area (Å²) in [5, 5.41) is 0.744. The lowest BCUT2D eigenvalue weighted by molar-refractivity contribution is 0.0445. The minimum absolute atomic E-state index is 0.142. The van der Waals surface area contributed by atoms with Crippen LogP contribution < -0.4 is 0 Å². The Morgan fingerprint density at radius 2 is 1.63 bits per heavy atom. The zero-order chi connectivity index (χ0) is 19.6. The summed E-state index contributed by atoms with van der Waals surface area (Å²) in [6.45, 7) is 1.28. The van der Waals surface area contributed by atoms with E-state index in [4.69, 9.17) is 9.47 Å². The molecule has 1 aromatic heterocycles. The Hall–Kier alpha value is -3.35. The van der Waals surface area contributed by atoms with Crippen LogP contribution in [-0.2, 0) is 16.1 Å². The van der Waals surface area contributed by atoms with E-state index < -0.39 is 35.7 Å². The molecule has 7 heteroatoms. The number of hydrogen-bond donors (Lipinski definition) is 0. The van der Waals surface area contributed by atoms with Crippen molar-refractivity contribution in [2.24, 2.45) is 0 Å². The molecule has 2 aromatic carbocycles. The number of rotatable bonds is 4. The third-order valence-electron chi connectivity index (χ3n) is 4.12. The number of aryl methyl sites for hydroxylation is 1. The fourth-order valence-corrected chi connectivity index (χ4v) is 2.82. The van der Waals surface area contributed by atoms with E-state index >= 15 is 0 Å². The average Bonchev–Trinajstić information content (AvgIpc) is 2.66. The van der Waals surface area contributed by atoms with Crippen LogP contribution in [0.5, 0.6) is 0 Å². The molecule has 0 aliphatic rings. The van der Waals surface area contributed by atoms with Gasteiger partial charge < -0.3 is 9.47 Å². The largest absolute Gasteiger partial charge is 0.465 e. The number of fused-ring (bicyclic) bond motifs is 1. The molecule has 27 heavy (non-hydrogen) atoms. The molecular formula is C20H15F2NO4.